The lowest BCUT2D eigenvalue weighted by molar-refractivity contribution is 0.632. The van der Waals surface area contributed by atoms with Gasteiger partial charge in [-0.1, -0.05) is 6.07 Å². The second kappa shape index (κ2) is 5.83. The molecule has 3 heterocycles. The normalized spacial score (nSPS) is 15.4. The molecule has 6 heteroatoms. The van der Waals surface area contributed by atoms with E-state index in [4.69, 9.17) is 5.73 Å². The quantitative estimate of drug-likeness (QED) is 0.883. The van der Waals surface area contributed by atoms with E-state index < -0.39 is 0 Å². The molecule has 20 heavy (non-hydrogen) atoms. The molecule has 0 aromatic carbocycles. The lowest BCUT2D eigenvalue weighted by Gasteiger charge is -2.36. The van der Waals surface area contributed by atoms with Gasteiger partial charge in [0, 0.05) is 56.9 Å². The summed E-state index contributed by atoms with van der Waals surface area (Å²) in [6.45, 7) is 4.12. The van der Waals surface area contributed by atoms with Gasteiger partial charge < -0.3 is 15.5 Å². The Morgan fingerprint density at radius 1 is 0.900 bits per heavy atom. The second-order valence-corrected chi connectivity index (χ2v) is 4.71. The molecule has 0 bridgehead atoms. The average Bonchev–Trinajstić information content (AvgIpc) is 2.56. The summed E-state index contributed by atoms with van der Waals surface area (Å²) in [4.78, 5) is 17.5. The summed E-state index contributed by atoms with van der Waals surface area (Å²) >= 11 is 0. The molecule has 2 aromatic heterocycles. The van der Waals surface area contributed by atoms with E-state index in [0.29, 0.717) is 6.54 Å². The molecule has 1 aliphatic rings. The molecule has 104 valence electrons. The fourth-order valence-corrected chi connectivity index (χ4v) is 2.45. The Balaban J connectivity index is 1.70. The van der Waals surface area contributed by atoms with E-state index in [1.54, 1.807) is 12.4 Å². The molecule has 0 unspecified atom stereocenters. The van der Waals surface area contributed by atoms with Crippen LogP contribution in [0.4, 0.5) is 11.8 Å². The summed E-state index contributed by atoms with van der Waals surface area (Å²) in [6.07, 6.45) is 5.38. The van der Waals surface area contributed by atoms with Crippen molar-refractivity contribution in [1.82, 2.24) is 15.0 Å². The third kappa shape index (κ3) is 2.55. The van der Waals surface area contributed by atoms with Gasteiger partial charge in [-0.2, -0.15) is 0 Å². The summed E-state index contributed by atoms with van der Waals surface area (Å²) in [5, 5.41) is 0. The van der Waals surface area contributed by atoms with Crippen LogP contribution in [0, 0.1) is 0 Å². The minimum Gasteiger partial charge on any atom is -0.353 e. The van der Waals surface area contributed by atoms with Crippen molar-refractivity contribution >= 4 is 11.8 Å². The number of hydrogen-bond donors (Lipinski definition) is 1. The molecule has 0 saturated carbocycles. The van der Waals surface area contributed by atoms with Gasteiger partial charge in [-0.25, -0.2) is 15.0 Å². The number of pyridine rings is 1. The number of aromatic nitrogens is 3. The number of hydrogen-bond acceptors (Lipinski definition) is 6. The highest BCUT2D eigenvalue weighted by atomic mass is 15.3. The van der Waals surface area contributed by atoms with Crippen LogP contribution in [-0.4, -0.2) is 41.1 Å². The highest BCUT2D eigenvalue weighted by Crippen LogP contribution is 2.19. The highest BCUT2D eigenvalue weighted by Gasteiger charge is 2.20. The number of piperazine rings is 1. The summed E-state index contributed by atoms with van der Waals surface area (Å²) in [7, 11) is 0. The predicted molar refractivity (Wildman–Crippen MR) is 78.6 cm³/mol. The van der Waals surface area contributed by atoms with E-state index in [1.807, 2.05) is 24.4 Å². The van der Waals surface area contributed by atoms with E-state index in [1.165, 1.54) is 0 Å². The van der Waals surface area contributed by atoms with Gasteiger partial charge in [-0.15, -0.1) is 0 Å². The predicted octanol–water partition coefficient (Wildman–Crippen LogP) is 0.657. The fraction of sp³-hybridized carbons (Fsp3) is 0.357. The van der Waals surface area contributed by atoms with Crippen LogP contribution in [0.3, 0.4) is 0 Å². The number of anilines is 2. The number of nitrogens with zero attached hydrogens (tertiary/aromatic N) is 5. The largest absolute Gasteiger partial charge is 0.353 e. The SMILES string of the molecule is NCc1cccnc1N1CCN(c2ncccn2)CC1. The maximum absolute atomic E-state index is 5.78. The third-order valence-electron chi connectivity index (χ3n) is 3.50. The van der Waals surface area contributed by atoms with E-state index in [2.05, 4.69) is 24.8 Å². The van der Waals surface area contributed by atoms with Gasteiger partial charge in [-0.05, 0) is 12.1 Å². The van der Waals surface area contributed by atoms with Crippen LogP contribution in [0.25, 0.3) is 0 Å². The number of rotatable bonds is 3. The Kier molecular flexibility index (Phi) is 3.73. The summed E-state index contributed by atoms with van der Waals surface area (Å²) in [5.41, 5.74) is 6.87. The standard InChI is InChI=1S/C14H18N6/c15-11-12-3-1-4-16-13(12)19-7-9-20(10-8-19)14-17-5-2-6-18-14/h1-6H,7-11,15H2. The minimum atomic E-state index is 0.519. The molecular weight excluding hydrogens is 252 g/mol. The molecule has 0 amide bonds. The van der Waals surface area contributed by atoms with Crippen LogP contribution < -0.4 is 15.5 Å². The Bertz CT molecular complexity index is 551. The zero-order chi connectivity index (χ0) is 13.8. The molecule has 2 N–H and O–H groups in total. The Labute approximate surface area is 118 Å². The molecule has 0 radical (unpaired) electrons. The first-order chi connectivity index (χ1) is 9.88. The molecule has 1 saturated heterocycles. The zero-order valence-electron chi connectivity index (χ0n) is 11.3. The second-order valence-electron chi connectivity index (χ2n) is 4.71. The van der Waals surface area contributed by atoms with Gasteiger partial charge in [0.05, 0.1) is 0 Å². The molecule has 3 rings (SSSR count). The van der Waals surface area contributed by atoms with Crippen molar-refractivity contribution in [3.63, 3.8) is 0 Å². The Morgan fingerprint density at radius 2 is 1.55 bits per heavy atom. The maximum atomic E-state index is 5.78. The van der Waals surface area contributed by atoms with Crippen LogP contribution in [0.15, 0.2) is 36.8 Å². The highest BCUT2D eigenvalue weighted by molar-refractivity contribution is 5.48. The zero-order valence-corrected chi connectivity index (χ0v) is 11.3. The monoisotopic (exact) mass is 270 g/mol. The molecule has 1 fully saturated rings. The van der Waals surface area contributed by atoms with E-state index in [0.717, 1.165) is 43.5 Å². The first-order valence-corrected chi connectivity index (χ1v) is 6.79. The topological polar surface area (TPSA) is 71.2 Å². The Morgan fingerprint density at radius 3 is 2.25 bits per heavy atom. The maximum Gasteiger partial charge on any atom is 0.225 e. The van der Waals surface area contributed by atoms with Gasteiger partial charge in [0.1, 0.15) is 5.82 Å². The lowest BCUT2D eigenvalue weighted by atomic mass is 10.2. The summed E-state index contributed by atoms with van der Waals surface area (Å²) < 4.78 is 0. The first-order valence-electron chi connectivity index (χ1n) is 6.79. The van der Waals surface area contributed by atoms with Gasteiger partial charge >= 0.3 is 0 Å². The van der Waals surface area contributed by atoms with Crippen molar-refractivity contribution in [1.29, 1.82) is 0 Å². The molecule has 0 spiro atoms. The van der Waals surface area contributed by atoms with Crippen molar-refractivity contribution in [3.8, 4) is 0 Å². The summed E-state index contributed by atoms with van der Waals surface area (Å²) in [6, 6.07) is 5.80. The third-order valence-corrected chi connectivity index (χ3v) is 3.50. The van der Waals surface area contributed by atoms with Crippen molar-refractivity contribution in [3.05, 3.63) is 42.4 Å². The average molecular weight is 270 g/mol. The van der Waals surface area contributed by atoms with Crippen molar-refractivity contribution in [2.45, 2.75) is 6.54 Å². The smallest absolute Gasteiger partial charge is 0.225 e. The fourth-order valence-electron chi connectivity index (χ4n) is 2.45. The minimum absolute atomic E-state index is 0.519. The van der Waals surface area contributed by atoms with Crippen LogP contribution in [0.1, 0.15) is 5.56 Å². The molecule has 2 aromatic rings. The first kappa shape index (κ1) is 12.8. The van der Waals surface area contributed by atoms with E-state index in [-0.39, 0.29) is 0 Å². The van der Waals surface area contributed by atoms with Gasteiger partial charge in [0.2, 0.25) is 5.95 Å². The van der Waals surface area contributed by atoms with E-state index in [9.17, 15) is 0 Å². The van der Waals surface area contributed by atoms with E-state index >= 15 is 0 Å². The van der Waals surface area contributed by atoms with Gasteiger partial charge in [-0.3, -0.25) is 0 Å². The lowest BCUT2D eigenvalue weighted by Crippen LogP contribution is -2.47. The molecule has 0 atom stereocenters. The van der Waals surface area contributed by atoms with Gasteiger partial charge in [0.15, 0.2) is 0 Å². The molecular formula is C14H18N6. The van der Waals surface area contributed by atoms with Gasteiger partial charge in [0.25, 0.3) is 0 Å². The van der Waals surface area contributed by atoms with Crippen molar-refractivity contribution in [2.75, 3.05) is 36.0 Å². The molecule has 6 nitrogen and oxygen atoms in total. The Hall–Kier alpha value is -2.21. The van der Waals surface area contributed by atoms with Crippen LogP contribution >= 0.6 is 0 Å². The van der Waals surface area contributed by atoms with Crippen LogP contribution in [-0.2, 0) is 6.54 Å². The number of nitrogens with two attached hydrogens (primary N) is 1. The van der Waals surface area contributed by atoms with Crippen LogP contribution in [0.5, 0.6) is 0 Å². The molecule has 0 aliphatic carbocycles. The van der Waals surface area contributed by atoms with Crippen molar-refractivity contribution in [2.24, 2.45) is 5.73 Å². The molecule has 1 aliphatic heterocycles. The van der Waals surface area contributed by atoms with Crippen molar-refractivity contribution < 1.29 is 0 Å². The summed E-state index contributed by atoms with van der Waals surface area (Å²) in [5.74, 6) is 1.80. The van der Waals surface area contributed by atoms with Crippen LogP contribution in [0.2, 0.25) is 0 Å².